The van der Waals surface area contributed by atoms with Gasteiger partial charge in [0.25, 0.3) is 10.0 Å². The number of hydrogen-bond donors (Lipinski definition) is 0. The van der Waals surface area contributed by atoms with Crippen molar-refractivity contribution < 1.29 is 13.2 Å². The van der Waals surface area contributed by atoms with E-state index >= 15 is 0 Å². The number of allylic oxidation sites excluding steroid dienone is 2. The first-order valence-corrected chi connectivity index (χ1v) is 10.7. The van der Waals surface area contributed by atoms with E-state index in [1.807, 2.05) is 43.3 Å². The smallest absolute Gasteiger partial charge is 0.250 e. The predicted octanol–water partition coefficient (Wildman–Crippen LogP) is 2.21. The van der Waals surface area contributed by atoms with E-state index in [9.17, 15) is 18.5 Å². The quantitative estimate of drug-likeness (QED) is 0.795. The number of Topliss-reactive ketones (excluding diaryl/α,β-unsaturated/α-hetero) is 1. The third kappa shape index (κ3) is 2.47. The number of rotatable bonds is 2. The molecule has 0 unspecified atom stereocenters. The summed E-state index contributed by atoms with van der Waals surface area (Å²) in [6, 6.07) is 11.7. The lowest BCUT2D eigenvalue weighted by Crippen LogP contribution is -2.48. The lowest BCUT2D eigenvalue weighted by Gasteiger charge is -2.46. The summed E-state index contributed by atoms with van der Waals surface area (Å²) in [5, 5.41) is 14.0. The highest BCUT2D eigenvalue weighted by atomic mass is 32.2. The van der Waals surface area contributed by atoms with Crippen LogP contribution in [-0.2, 0) is 26.7 Å². The summed E-state index contributed by atoms with van der Waals surface area (Å²) in [5.74, 6) is -0.582. The third-order valence-corrected chi connectivity index (χ3v) is 6.70. The van der Waals surface area contributed by atoms with E-state index in [-0.39, 0.29) is 23.2 Å². The molecule has 7 heteroatoms. The van der Waals surface area contributed by atoms with E-state index in [1.54, 1.807) is 12.3 Å². The molecule has 0 amide bonds. The first kappa shape index (κ1) is 17.7. The van der Waals surface area contributed by atoms with Gasteiger partial charge in [-0.2, -0.15) is 14.4 Å². The van der Waals surface area contributed by atoms with Gasteiger partial charge in [0.1, 0.15) is 6.07 Å². The van der Waals surface area contributed by atoms with Gasteiger partial charge in [-0.3, -0.25) is 4.79 Å². The van der Waals surface area contributed by atoms with Gasteiger partial charge >= 0.3 is 0 Å². The van der Waals surface area contributed by atoms with E-state index in [0.29, 0.717) is 12.1 Å². The number of fused-ring (bicyclic) bond motifs is 3. The highest BCUT2D eigenvalue weighted by Crippen LogP contribution is 2.53. The standard InChI is InChI=1S/C20H19N3O3S/c1-13-17-9-8-14-12-23(27(2,25)26)22-19(14)20(17,10-15(11-21)18(13)24)16-6-4-3-5-7-16/h3-7,10,12-13,17H,8-9H2,1-2H3/t13-,17-,20-/m1/s1. The Hall–Kier alpha value is -2.72. The van der Waals surface area contributed by atoms with Crippen molar-refractivity contribution in [2.75, 3.05) is 6.26 Å². The molecule has 138 valence electrons. The second-order valence-corrected chi connectivity index (χ2v) is 9.18. The topological polar surface area (TPSA) is 92.8 Å². The molecule has 0 fully saturated rings. The Balaban J connectivity index is 2.09. The molecule has 27 heavy (non-hydrogen) atoms. The van der Waals surface area contributed by atoms with Crippen LogP contribution in [0, 0.1) is 23.2 Å². The normalized spacial score (nSPS) is 27.3. The zero-order valence-electron chi connectivity index (χ0n) is 15.1. The highest BCUT2D eigenvalue weighted by molar-refractivity contribution is 7.89. The van der Waals surface area contributed by atoms with Crippen molar-refractivity contribution in [2.24, 2.45) is 11.8 Å². The van der Waals surface area contributed by atoms with E-state index in [0.717, 1.165) is 27.9 Å². The van der Waals surface area contributed by atoms with Crippen LogP contribution < -0.4 is 0 Å². The van der Waals surface area contributed by atoms with Gasteiger partial charge in [-0.1, -0.05) is 37.3 Å². The first-order chi connectivity index (χ1) is 12.8. The van der Waals surface area contributed by atoms with Gasteiger partial charge < -0.3 is 0 Å². The summed E-state index contributed by atoms with van der Waals surface area (Å²) in [5.41, 5.74) is 1.72. The van der Waals surface area contributed by atoms with Crippen molar-refractivity contribution in [3.8, 4) is 6.07 Å². The molecule has 0 spiro atoms. The highest BCUT2D eigenvalue weighted by Gasteiger charge is 2.53. The number of benzene rings is 1. The van der Waals surface area contributed by atoms with E-state index < -0.39 is 15.4 Å². The predicted molar refractivity (Wildman–Crippen MR) is 99.4 cm³/mol. The fourth-order valence-corrected chi connectivity index (χ4v) is 5.13. The number of aryl methyl sites for hydroxylation is 1. The maximum atomic E-state index is 12.6. The molecule has 1 aromatic carbocycles. The van der Waals surface area contributed by atoms with Crippen LogP contribution in [0.15, 0.2) is 48.2 Å². The maximum absolute atomic E-state index is 12.6. The van der Waals surface area contributed by atoms with Crippen LogP contribution in [-0.4, -0.2) is 29.6 Å². The van der Waals surface area contributed by atoms with Crippen molar-refractivity contribution in [3.63, 3.8) is 0 Å². The molecule has 2 aliphatic rings. The molecule has 1 heterocycles. The maximum Gasteiger partial charge on any atom is 0.250 e. The lowest BCUT2D eigenvalue weighted by atomic mass is 9.54. The Kier molecular flexibility index (Phi) is 3.86. The summed E-state index contributed by atoms with van der Waals surface area (Å²) in [7, 11) is -3.53. The number of nitrogens with zero attached hydrogens (tertiary/aromatic N) is 3. The Morgan fingerprint density at radius 2 is 2.00 bits per heavy atom. The van der Waals surface area contributed by atoms with Crippen LogP contribution in [0.1, 0.15) is 30.2 Å². The lowest BCUT2D eigenvalue weighted by molar-refractivity contribution is -0.121. The van der Waals surface area contributed by atoms with Crippen molar-refractivity contribution in [1.82, 2.24) is 9.19 Å². The second-order valence-electron chi connectivity index (χ2n) is 7.34. The van der Waals surface area contributed by atoms with Crippen molar-refractivity contribution >= 4 is 15.8 Å². The molecular weight excluding hydrogens is 362 g/mol. The van der Waals surface area contributed by atoms with Gasteiger partial charge in [-0.25, -0.2) is 8.42 Å². The number of carbonyl (C=O) groups is 1. The van der Waals surface area contributed by atoms with Crippen LogP contribution in [0.25, 0.3) is 0 Å². The van der Waals surface area contributed by atoms with Crippen LogP contribution in [0.4, 0.5) is 0 Å². The van der Waals surface area contributed by atoms with Gasteiger partial charge in [0.05, 0.1) is 22.9 Å². The minimum Gasteiger partial charge on any atom is -0.293 e. The molecule has 0 N–H and O–H groups in total. The molecule has 4 rings (SSSR count). The second kappa shape index (κ2) is 5.89. The molecule has 1 aromatic heterocycles. The van der Waals surface area contributed by atoms with Gasteiger partial charge in [-0.05, 0) is 36.0 Å². The van der Waals surface area contributed by atoms with E-state index in [2.05, 4.69) is 5.10 Å². The molecule has 2 aromatic rings. The molecule has 0 radical (unpaired) electrons. The fraction of sp³-hybridized carbons (Fsp3) is 0.350. The number of ketones is 1. The number of carbonyl (C=O) groups excluding carboxylic acids is 1. The largest absolute Gasteiger partial charge is 0.293 e. The van der Waals surface area contributed by atoms with Crippen LogP contribution in [0.2, 0.25) is 0 Å². The number of hydrogen-bond acceptors (Lipinski definition) is 5. The van der Waals surface area contributed by atoms with Crippen LogP contribution >= 0.6 is 0 Å². The van der Waals surface area contributed by atoms with Crippen LogP contribution in [0.3, 0.4) is 0 Å². The van der Waals surface area contributed by atoms with Gasteiger partial charge in [0.2, 0.25) is 0 Å². The number of aromatic nitrogens is 2. The van der Waals surface area contributed by atoms with Gasteiger partial charge in [-0.15, -0.1) is 0 Å². The molecule has 6 nitrogen and oxygen atoms in total. The Labute approximate surface area is 158 Å². The molecular formula is C20H19N3O3S. The number of nitriles is 1. The Bertz CT molecular complexity index is 1110. The first-order valence-electron chi connectivity index (χ1n) is 8.81. The molecule has 3 atom stereocenters. The average molecular weight is 381 g/mol. The monoisotopic (exact) mass is 381 g/mol. The zero-order chi connectivity index (χ0) is 19.4. The van der Waals surface area contributed by atoms with Crippen LogP contribution in [0.5, 0.6) is 0 Å². The van der Waals surface area contributed by atoms with Gasteiger partial charge in [0, 0.05) is 12.1 Å². The minimum absolute atomic E-state index is 0.0834. The summed E-state index contributed by atoms with van der Waals surface area (Å²) in [6.07, 6.45) is 5.76. The molecule has 0 bridgehead atoms. The molecule has 2 aliphatic carbocycles. The van der Waals surface area contributed by atoms with Crippen molar-refractivity contribution in [2.45, 2.75) is 25.2 Å². The Morgan fingerprint density at radius 3 is 2.63 bits per heavy atom. The summed E-state index contributed by atoms with van der Waals surface area (Å²) in [4.78, 5) is 12.6. The van der Waals surface area contributed by atoms with E-state index in [1.165, 1.54) is 0 Å². The summed E-state index contributed by atoms with van der Waals surface area (Å²) >= 11 is 0. The SMILES string of the molecule is C[C@H]1C(=O)C(C#N)=C[C@]2(c3ccccc3)c3nn(S(C)(=O)=O)cc3CC[C@H]12. The summed E-state index contributed by atoms with van der Waals surface area (Å²) < 4.78 is 25.1. The molecule has 0 aliphatic heterocycles. The Morgan fingerprint density at radius 1 is 1.30 bits per heavy atom. The molecule has 0 saturated heterocycles. The van der Waals surface area contributed by atoms with Crippen molar-refractivity contribution in [1.29, 1.82) is 5.26 Å². The minimum atomic E-state index is -3.53. The molecule has 0 saturated carbocycles. The third-order valence-electron chi connectivity index (χ3n) is 5.84. The van der Waals surface area contributed by atoms with E-state index in [4.69, 9.17) is 0 Å². The van der Waals surface area contributed by atoms with Crippen molar-refractivity contribution in [3.05, 3.63) is 65.0 Å². The summed E-state index contributed by atoms with van der Waals surface area (Å²) in [6.45, 7) is 1.85. The van der Waals surface area contributed by atoms with Gasteiger partial charge in [0.15, 0.2) is 5.78 Å². The fourth-order valence-electron chi connectivity index (χ4n) is 4.58. The average Bonchev–Trinajstić information content (AvgIpc) is 3.10. The zero-order valence-corrected chi connectivity index (χ0v) is 15.9.